The summed E-state index contributed by atoms with van der Waals surface area (Å²) in [6.45, 7) is 8.09. The van der Waals surface area contributed by atoms with Crippen molar-refractivity contribution in [2.24, 2.45) is 0 Å². The number of carbonyl (C=O) groups excluding carboxylic acids is 2. The topological polar surface area (TPSA) is 88.9 Å². The number of allylic oxidation sites excluding steroid dienone is 1. The SMILES string of the molecule is C=CCn1c(SCC(=O)Nc2ccc(CC)cc2)nnc1[C@@H](C)NC(=O)c1ccc(Cl)cc1Cl. The van der Waals surface area contributed by atoms with Gasteiger partial charge < -0.3 is 15.2 Å². The maximum Gasteiger partial charge on any atom is 0.253 e. The third kappa shape index (κ3) is 6.62. The van der Waals surface area contributed by atoms with Crippen LogP contribution in [0.25, 0.3) is 0 Å². The summed E-state index contributed by atoms with van der Waals surface area (Å²) in [5.41, 5.74) is 2.26. The number of aryl methyl sites for hydroxylation is 1. The van der Waals surface area contributed by atoms with Crippen LogP contribution in [0.4, 0.5) is 5.69 Å². The van der Waals surface area contributed by atoms with Gasteiger partial charge in [0.2, 0.25) is 5.91 Å². The van der Waals surface area contributed by atoms with Gasteiger partial charge in [0, 0.05) is 17.3 Å². The lowest BCUT2D eigenvalue weighted by Gasteiger charge is -2.16. The Hall–Kier alpha value is -2.81. The second-order valence-electron chi connectivity index (χ2n) is 7.45. The zero-order chi connectivity index (χ0) is 24.7. The van der Waals surface area contributed by atoms with Crippen LogP contribution >= 0.6 is 35.0 Å². The number of benzene rings is 2. The lowest BCUT2D eigenvalue weighted by molar-refractivity contribution is -0.113. The van der Waals surface area contributed by atoms with Crippen molar-refractivity contribution in [1.29, 1.82) is 0 Å². The summed E-state index contributed by atoms with van der Waals surface area (Å²) in [7, 11) is 0. The van der Waals surface area contributed by atoms with Crippen molar-refractivity contribution in [2.45, 2.75) is 38.0 Å². The molecule has 0 aliphatic heterocycles. The monoisotopic (exact) mass is 517 g/mol. The zero-order valence-corrected chi connectivity index (χ0v) is 21.2. The number of amides is 2. The second-order valence-corrected chi connectivity index (χ2v) is 9.23. The largest absolute Gasteiger partial charge is 0.342 e. The number of aromatic nitrogens is 3. The van der Waals surface area contributed by atoms with Gasteiger partial charge >= 0.3 is 0 Å². The van der Waals surface area contributed by atoms with Crippen molar-refractivity contribution in [3.05, 3.63) is 82.1 Å². The van der Waals surface area contributed by atoms with Gasteiger partial charge in [-0.2, -0.15) is 0 Å². The van der Waals surface area contributed by atoms with Gasteiger partial charge in [0.1, 0.15) is 0 Å². The maximum atomic E-state index is 12.7. The predicted molar refractivity (Wildman–Crippen MR) is 138 cm³/mol. The molecule has 1 aromatic heterocycles. The highest BCUT2D eigenvalue weighted by molar-refractivity contribution is 7.99. The summed E-state index contributed by atoms with van der Waals surface area (Å²) in [6, 6.07) is 12.0. The van der Waals surface area contributed by atoms with E-state index in [0.717, 1.165) is 12.1 Å². The maximum absolute atomic E-state index is 12.7. The fourth-order valence-corrected chi connectivity index (χ4v) is 4.44. The summed E-state index contributed by atoms with van der Waals surface area (Å²) in [5.74, 6) is 0.190. The number of thioether (sulfide) groups is 1. The molecule has 0 aliphatic carbocycles. The highest BCUT2D eigenvalue weighted by Crippen LogP contribution is 2.24. The fraction of sp³-hybridized carbons (Fsp3) is 0.250. The Morgan fingerprint density at radius 3 is 2.56 bits per heavy atom. The molecule has 2 amide bonds. The second kappa shape index (κ2) is 12.1. The van der Waals surface area contributed by atoms with E-state index >= 15 is 0 Å². The third-order valence-electron chi connectivity index (χ3n) is 4.95. The van der Waals surface area contributed by atoms with Crippen molar-refractivity contribution in [2.75, 3.05) is 11.1 Å². The molecule has 3 aromatic rings. The minimum Gasteiger partial charge on any atom is -0.342 e. The van der Waals surface area contributed by atoms with E-state index in [4.69, 9.17) is 23.2 Å². The quantitative estimate of drug-likeness (QED) is 0.271. The molecule has 0 saturated carbocycles. The third-order valence-corrected chi connectivity index (χ3v) is 6.46. The molecule has 34 heavy (non-hydrogen) atoms. The summed E-state index contributed by atoms with van der Waals surface area (Å²) in [5, 5.41) is 15.5. The van der Waals surface area contributed by atoms with E-state index in [1.54, 1.807) is 25.1 Å². The van der Waals surface area contributed by atoms with Gasteiger partial charge in [-0.15, -0.1) is 16.8 Å². The van der Waals surface area contributed by atoms with Crippen LogP contribution in [0, 0.1) is 0 Å². The Balaban J connectivity index is 1.66. The molecule has 3 rings (SSSR count). The predicted octanol–water partition coefficient (Wildman–Crippen LogP) is 5.56. The fourth-order valence-electron chi connectivity index (χ4n) is 3.19. The minimum absolute atomic E-state index is 0.150. The first-order valence-corrected chi connectivity index (χ1v) is 12.4. The summed E-state index contributed by atoms with van der Waals surface area (Å²) in [4.78, 5) is 25.1. The molecule has 0 unspecified atom stereocenters. The van der Waals surface area contributed by atoms with Gasteiger partial charge in [-0.05, 0) is 49.2 Å². The van der Waals surface area contributed by atoms with E-state index in [9.17, 15) is 9.59 Å². The van der Waals surface area contributed by atoms with E-state index in [1.165, 1.54) is 23.4 Å². The molecule has 7 nitrogen and oxygen atoms in total. The average molecular weight is 518 g/mol. The van der Waals surface area contributed by atoms with Crippen LogP contribution in [-0.4, -0.2) is 32.3 Å². The van der Waals surface area contributed by atoms with E-state index < -0.39 is 6.04 Å². The number of rotatable bonds is 10. The number of hydrogen-bond acceptors (Lipinski definition) is 5. The molecule has 2 aromatic carbocycles. The van der Waals surface area contributed by atoms with Crippen LogP contribution in [0.15, 0.2) is 60.3 Å². The van der Waals surface area contributed by atoms with Crippen molar-refractivity contribution in [3.8, 4) is 0 Å². The molecule has 0 bridgehead atoms. The number of carbonyl (C=O) groups is 2. The molecule has 0 saturated heterocycles. The van der Waals surface area contributed by atoms with Gasteiger partial charge in [0.05, 0.1) is 22.4 Å². The van der Waals surface area contributed by atoms with Crippen LogP contribution in [-0.2, 0) is 17.8 Å². The molecule has 1 atom stereocenters. The van der Waals surface area contributed by atoms with Gasteiger partial charge in [0.25, 0.3) is 5.91 Å². The molecular weight excluding hydrogens is 493 g/mol. The lowest BCUT2D eigenvalue weighted by atomic mass is 10.1. The van der Waals surface area contributed by atoms with Gasteiger partial charge in [-0.1, -0.05) is 60.1 Å². The van der Waals surface area contributed by atoms with Crippen molar-refractivity contribution >= 4 is 52.5 Å². The molecule has 2 N–H and O–H groups in total. The summed E-state index contributed by atoms with van der Waals surface area (Å²) in [6.07, 6.45) is 2.65. The zero-order valence-electron chi connectivity index (χ0n) is 18.8. The number of nitrogens with one attached hydrogen (secondary N) is 2. The van der Waals surface area contributed by atoms with Gasteiger partial charge in [-0.25, -0.2) is 0 Å². The average Bonchev–Trinajstić information content (AvgIpc) is 3.21. The standard InChI is InChI=1S/C24H25Cl2N5O2S/c1-4-12-31-22(15(3)27-23(33)19-11-8-17(25)13-20(19)26)29-30-24(31)34-14-21(32)28-18-9-6-16(5-2)7-10-18/h4,6-11,13,15H,1,5,12,14H2,2-3H3,(H,27,33)(H,28,32)/t15-/m1/s1. The highest BCUT2D eigenvalue weighted by Gasteiger charge is 2.21. The van der Waals surface area contributed by atoms with Crippen molar-refractivity contribution in [1.82, 2.24) is 20.1 Å². The number of halogens is 2. The molecule has 0 fully saturated rings. The van der Waals surface area contributed by atoms with Crippen molar-refractivity contribution in [3.63, 3.8) is 0 Å². The molecular formula is C24H25Cl2N5O2S. The summed E-state index contributed by atoms with van der Waals surface area (Å²) >= 11 is 13.3. The van der Waals surface area contributed by atoms with E-state index in [0.29, 0.717) is 28.1 Å². The molecule has 1 heterocycles. The van der Waals surface area contributed by atoms with Crippen LogP contribution in [0.5, 0.6) is 0 Å². The first-order valence-electron chi connectivity index (χ1n) is 10.6. The van der Waals surface area contributed by atoms with E-state index in [-0.39, 0.29) is 22.6 Å². The Morgan fingerprint density at radius 1 is 1.18 bits per heavy atom. The van der Waals surface area contributed by atoms with Crippen LogP contribution in [0.2, 0.25) is 10.0 Å². The Kier molecular flexibility index (Phi) is 9.15. The number of anilines is 1. The molecule has 0 spiro atoms. The lowest BCUT2D eigenvalue weighted by Crippen LogP contribution is -2.29. The summed E-state index contributed by atoms with van der Waals surface area (Å²) < 4.78 is 1.81. The number of hydrogen-bond donors (Lipinski definition) is 2. The minimum atomic E-state index is -0.466. The van der Waals surface area contributed by atoms with Gasteiger partial charge in [0.15, 0.2) is 11.0 Å². The smallest absolute Gasteiger partial charge is 0.253 e. The van der Waals surface area contributed by atoms with Crippen LogP contribution in [0.1, 0.15) is 41.6 Å². The van der Waals surface area contributed by atoms with E-state index in [1.807, 2.05) is 28.8 Å². The number of nitrogens with zero attached hydrogens (tertiary/aromatic N) is 3. The van der Waals surface area contributed by atoms with Crippen LogP contribution < -0.4 is 10.6 Å². The molecule has 0 aliphatic rings. The Morgan fingerprint density at radius 2 is 1.91 bits per heavy atom. The molecule has 10 heteroatoms. The Labute approximate surface area is 212 Å². The Bertz CT molecular complexity index is 1180. The molecule has 0 radical (unpaired) electrons. The van der Waals surface area contributed by atoms with Crippen LogP contribution in [0.3, 0.4) is 0 Å². The van der Waals surface area contributed by atoms with Crippen molar-refractivity contribution < 1.29 is 9.59 Å². The highest BCUT2D eigenvalue weighted by atomic mass is 35.5. The first kappa shape index (κ1) is 25.8. The molecule has 178 valence electrons. The van der Waals surface area contributed by atoms with E-state index in [2.05, 4.69) is 34.3 Å². The first-order chi connectivity index (χ1) is 16.3. The normalized spacial score (nSPS) is 11.6. The van der Waals surface area contributed by atoms with Gasteiger partial charge in [-0.3, -0.25) is 9.59 Å².